The van der Waals surface area contributed by atoms with Gasteiger partial charge < -0.3 is 19.3 Å². The fourth-order valence-electron chi connectivity index (χ4n) is 4.45. The van der Waals surface area contributed by atoms with Crippen LogP contribution in [0.3, 0.4) is 0 Å². The molecule has 0 aliphatic carbocycles. The summed E-state index contributed by atoms with van der Waals surface area (Å²) >= 11 is 0. The second kappa shape index (κ2) is 23.1. The molecular formula is C36H52O6. The summed E-state index contributed by atoms with van der Waals surface area (Å²) in [5.41, 5.74) is 3.08. The minimum Gasteiger partial charge on any atom is -0.497 e. The number of rotatable bonds is 19. The van der Waals surface area contributed by atoms with Gasteiger partial charge in [0.2, 0.25) is 0 Å². The zero-order chi connectivity index (χ0) is 31.0. The molecule has 232 valence electrons. The van der Waals surface area contributed by atoms with Crippen LogP contribution in [-0.4, -0.2) is 37.9 Å². The fourth-order valence-corrected chi connectivity index (χ4v) is 4.45. The molecule has 42 heavy (non-hydrogen) atoms. The van der Waals surface area contributed by atoms with Crippen LogP contribution >= 0.6 is 0 Å². The Morgan fingerprint density at radius 1 is 0.786 bits per heavy atom. The number of hydrogen-bond acceptors (Lipinski definition) is 5. The van der Waals surface area contributed by atoms with Crippen LogP contribution in [0.4, 0.5) is 0 Å². The van der Waals surface area contributed by atoms with Crippen LogP contribution in [0, 0.1) is 5.92 Å². The van der Waals surface area contributed by atoms with E-state index >= 15 is 0 Å². The molecule has 0 saturated carbocycles. The van der Waals surface area contributed by atoms with Crippen LogP contribution < -0.4 is 9.47 Å². The van der Waals surface area contributed by atoms with Crippen molar-refractivity contribution < 1.29 is 28.9 Å². The molecule has 0 fully saturated rings. The smallest absolute Gasteiger partial charge is 0.330 e. The maximum absolute atomic E-state index is 11.5. The van der Waals surface area contributed by atoms with Gasteiger partial charge in [0.05, 0.1) is 20.8 Å². The van der Waals surface area contributed by atoms with Gasteiger partial charge in [0.1, 0.15) is 11.5 Å². The van der Waals surface area contributed by atoms with Crippen LogP contribution in [0.25, 0.3) is 12.2 Å². The predicted molar refractivity (Wildman–Crippen MR) is 173 cm³/mol. The summed E-state index contributed by atoms with van der Waals surface area (Å²) in [6.45, 7) is 7.14. The molecule has 0 aromatic heterocycles. The van der Waals surface area contributed by atoms with Gasteiger partial charge in [-0.1, -0.05) is 96.8 Å². The molecule has 0 saturated heterocycles. The lowest BCUT2D eigenvalue weighted by Crippen LogP contribution is -2.05. The van der Waals surface area contributed by atoms with Crippen molar-refractivity contribution >= 4 is 24.1 Å². The molecule has 0 spiro atoms. The predicted octanol–water partition coefficient (Wildman–Crippen LogP) is 9.16. The number of benzene rings is 2. The van der Waals surface area contributed by atoms with E-state index in [-0.39, 0.29) is 5.97 Å². The third-order valence-electron chi connectivity index (χ3n) is 7.08. The van der Waals surface area contributed by atoms with Gasteiger partial charge in [-0.15, -0.1) is 0 Å². The first-order chi connectivity index (χ1) is 20.4. The van der Waals surface area contributed by atoms with Gasteiger partial charge in [-0.25, -0.2) is 9.59 Å². The molecule has 1 unspecified atom stereocenters. The average molecular weight is 581 g/mol. The van der Waals surface area contributed by atoms with Crippen LogP contribution in [0.1, 0.15) is 102 Å². The lowest BCUT2D eigenvalue weighted by molar-refractivity contribution is -0.137. The van der Waals surface area contributed by atoms with Crippen LogP contribution in [0.5, 0.6) is 11.5 Å². The summed E-state index contributed by atoms with van der Waals surface area (Å²) in [7, 11) is 3.28. The highest BCUT2D eigenvalue weighted by Gasteiger charge is 2.11. The number of carboxylic acids is 1. The second-order valence-corrected chi connectivity index (χ2v) is 10.4. The van der Waals surface area contributed by atoms with Crippen LogP contribution in [0.15, 0.2) is 54.6 Å². The quantitative estimate of drug-likeness (QED) is 0.101. The van der Waals surface area contributed by atoms with Gasteiger partial charge in [-0.2, -0.15) is 0 Å². The molecule has 0 aliphatic rings. The van der Waals surface area contributed by atoms with Gasteiger partial charge in [0.25, 0.3) is 0 Å². The van der Waals surface area contributed by atoms with Gasteiger partial charge in [0, 0.05) is 12.2 Å². The number of hydrogen-bond donors (Lipinski definition) is 1. The Morgan fingerprint density at radius 3 is 2.05 bits per heavy atom. The van der Waals surface area contributed by atoms with E-state index in [2.05, 4.69) is 20.8 Å². The Bertz CT molecular complexity index is 1070. The molecule has 6 nitrogen and oxygen atoms in total. The summed E-state index contributed by atoms with van der Waals surface area (Å²) < 4.78 is 15.5. The van der Waals surface area contributed by atoms with Crippen molar-refractivity contribution in [1.29, 1.82) is 0 Å². The summed E-state index contributed by atoms with van der Waals surface area (Å²) in [5, 5.41) is 8.80. The molecule has 1 N–H and O–H groups in total. The summed E-state index contributed by atoms with van der Waals surface area (Å²) in [6.07, 6.45) is 19.0. The van der Waals surface area contributed by atoms with Crippen molar-refractivity contribution in [2.24, 2.45) is 5.92 Å². The van der Waals surface area contributed by atoms with Gasteiger partial charge in [-0.3, -0.25) is 0 Å². The van der Waals surface area contributed by atoms with E-state index in [0.29, 0.717) is 12.5 Å². The number of unbranched alkanes of at least 4 members (excludes halogenated alkanes) is 6. The van der Waals surface area contributed by atoms with E-state index in [9.17, 15) is 9.59 Å². The van der Waals surface area contributed by atoms with E-state index in [1.807, 2.05) is 42.5 Å². The largest absolute Gasteiger partial charge is 0.497 e. The maximum atomic E-state index is 11.5. The molecule has 2 rings (SSSR count). The molecule has 0 amide bonds. The minimum atomic E-state index is -0.921. The topological polar surface area (TPSA) is 82.1 Å². The van der Waals surface area contributed by atoms with Crippen molar-refractivity contribution in [1.82, 2.24) is 0 Å². The first-order valence-electron chi connectivity index (χ1n) is 15.4. The second-order valence-electron chi connectivity index (χ2n) is 10.4. The van der Waals surface area contributed by atoms with Gasteiger partial charge in [0.15, 0.2) is 0 Å². The number of carbonyl (C=O) groups is 2. The molecule has 0 bridgehead atoms. The molecule has 0 radical (unpaired) electrons. The SMILES string of the molecule is CCCCC(CC)Cc1cc(OC)ccc1C=CC(=O)O.CCCCCCCCOC(=O)C=Cc1ccc(OC)cc1. The van der Waals surface area contributed by atoms with Crippen molar-refractivity contribution in [3.63, 3.8) is 0 Å². The minimum absolute atomic E-state index is 0.278. The van der Waals surface area contributed by atoms with Gasteiger partial charge in [-0.05, 0) is 71.9 Å². The Morgan fingerprint density at radius 2 is 1.43 bits per heavy atom. The number of aliphatic carboxylic acids is 1. The van der Waals surface area contributed by atoms with Crippen molar-refractivity contribution in [2.75, 3.05) is 20.8 Å². The van der Waals surface area contributed by atoms with Crippen molar-refractivity contribution in [3.8, 4) is 11.5 Å². The van der Waals surface area contributed by atoms with E-state index in [1.165, 1.54) is 57.1 Å². The monoisotopic (exact) mass is 580 g/mol. The van der Waals surface area contributed by atoms with Crippen molar-refractivity contribution in [2.45, 2.75) is 91.4 Å². The normalized spacial score (nSPS) is 11.6. The Labute approximate surface area is 253 Å². The third kappa shape index (κ3) is 16.7. The van der Waals surface area contributed by atoms with E-state index in [1.54, 1.807) is 26.4 Å². The lowest BCUT2D eigenvalue weighted by atomic mass is 9.89. The first-order valence-corrected chi connectivity index (χ1v) is 15.4. The third-order valence-corrected chi connectivity index (χ3v) is 7.08. The number of methoxy groups -OCH3 is 2. The van der Waals surface area contributed by atoms with Gasteiger partial charge >= 0.3 is 11.9 Å². The summed E-state index contributed by atoms with van der Waals surface area (Å²) in [4.78, 5) is 22.3. The maximum Gasteiger partial charge on any atom is 0.330 e. The molecule has 2 aromatic rings. The highest BCUT2D eigenvalue weighted by atomic mass is 16.5. The van der Waals surface area contributed by atoms with Crippen molar-refractivity contribution in [3.05, 3.63) is 71.3 Å². The Kier molecular flexibility index (Phi) is 20.0. The molecule has 2 aromatic carbocycles. The number of ether oxygens (including phenoxy) is 3. The molecule has 1 atom stereocenters. The molecular weight excluding hydrogens is 528 g/mol. The molecule has 6 heteroatoms. The highest BCUT2D eigenvalue weighted by molar-refractivity contribution is 5.87. The number of esters is 1. The van der Waals surface area contributed by atoms with E-state index in [4.69, 9.17) is 19.3 Å². The standard InChI is InChI=1S/2C18H26O3/c1-4-6-7-14(5-2)12-16-13-17(21-3)10-8-15(16)9-11-18(19)20;1-3-4-5-6-7-8-15-21-18(19)14-11-16-9-12-17(20-2)13-10-16/h8-11,13-14H,4-7,12H2,1-3H3,(H,19,20);9-14H,3-8,15H2,1-2H3. The Hall–Kier alpha value is -3.54. The summed E-state index contributed by atoms with van der Waals surface area (Å²) in [6, 6.07) is 13.4. The lowest BCUT2D eigenvalue weighted by Gasteiger charge is -2.17. The van der Waals surface area contributed by atoms with Crippen LogP contribution in [-0.2, 0) is 20.7 Å². The summed E-state index contributed by atoms with van der Waals surface area (Å²) in [5.74, 6) is 1.06. The zero-order valence-corrected chi connectivity index (χ0v) is 26.4. The molecule has 0 heterocycles. The fraction of sp³-hybridized carbons (Fsp3) is 0.500. The zero-order valence-electron chi connectivity index (χ0n) is 26.4. The first kappa shape index (κ1) is 36.5. The highest BCUT2D eigenvalue weighted by Crippen LogP contribution is 2.25. The average Bonchev–Trinajstić information content (AvgIpc) is 3.01. The van der Waals surface area contributed by atoms with E-state index in [0.717, 1.165) is 53.9 Å². The van der Waals surface area contributed by atoms with E-state index < -0.39 is 5.97 Å². The van der Waals surface area contributed by atoms with Crippen LogP contribution in [0.2, 0.25) is 0 Å². The number of carboxylic acid groups (broad SMARTS) is 1. The number of carbonyl (C=O) groups excluding carboxylic acids is 1. The Balaban J connectivity index is 0.000000420. The molecule has 0 aliphatic heterocycles.